The summed E-state index contributed by atoms with van der Waals surface area (Å²) >= 11 is 0. The van der Waals surface area contributed by atoms with E-state index in [-0.39, 0.29) is 17.9 Å². The second kappa shape index (κ2) is 8.91. The Balaban J connectivity index is 2.48. The lowest BCUT2D eigenvalue weighted by molar-refractivity contribution is -0.392. The van der Waals surface area contributed by atoms with Gasteiger partial charge in [-0.15, -0.1) is 0 Å². The molecule has 0 saturated heterocycles. The van der Waals surface area contributed by atoms with Gasteiger partial charge in [-0.1, -0.05) is 24.3 Å². The molecule has 0 spiro atoms. The highest BCUT2D eigenvalue weighted by Gasteiger charge is 2.73. The van der Waals surface area contributed by atoms with Gasteiger partial charge in [-0.3, -0.25) is 0 Å². The van der Waals surface area contributed by atoms with Crippen LogP contribution < -0.4 is 9.47 Å². The minimum Gasteiger partial charge on any atom is -0.497 e. The number of ether oxygens (including phenoxy) is 3. The van der Waals surface area contributed by atoms with E-state index in [0.29, 0.717) is 17.9 Å². The van der Waals surface area contributed by atoms with Gasteiger partial charge < -0.3 is 19.3 Å². The van der Waals surface area contributed by atoms with Crippen molar-refractivity contribution in [1.82, 2.24) is 0 Å². The van der Waals surface area contributed by atoms with E-state index >= 15 is 0 Å². The Kier molecular flexibility index (Phi) is 7.02. The second-order valence-corrected chi connectivity index (χ2v) is 5.91. The van der Waals surface area contributed by atoms with Crippen LogP contribution in [0.4, 0.5) is 26.3 Å². The molecule has 2 aromatic carbocycles. The van der Waals surface area contributed by atoms with Gasteiger partial charge in [0.2, 0.25) is 0 Å². The number of benzene rings is 2. The van der Waals surface area contributed by atoms with E-state index in [1.807, 2.05) is 0 Å². The molecule has 0 aliphatic heterocycles. The smallest absolute Gasteiger partial charge is 0.430 e. The number of methoxy groups -OCH3 is 1. The molecule has 0 aliphatic rings. The van der Waals surface area contributed by atoms with E-state index < -0.39 is 36.7 Å². The van der Waals surface area contributed by atoms with E-state index in [4.69, 9.17) is 14.6 Å². The van der Waals surface area contributed by atoms with E-state index in [1.165, 1.54) is 37.4 Å². The predicted molar refractivity (Wildman–Crippen MR) is 90.6 cm³/mol. The summed E-state index contributed by atoms with van der Waals surface area (Å²) in [5.41, 5.74) is -5.66. The third-order valence-electron chi connectivity index (χ3n) is 4.01. The quantitative estimate of drug-likeness (QED) is 0.630. The highest BCUT2D eigenvalue weighted by molar-refractivity contribution is 5.35. The number of rotatable bonds is 8. The fourth-order valence-corrected chi connectivity index (χ4v) is 2.62. The zero-order chi connectivity index (χ0) is 21.7. The lowest BCUT2D eigenvalue weighted by atomic mass is 9.91. The Hall–Kier alpha value is -2.46. The van der Waals surface area contributed by atoms with Gasteiger partial charge in [0.05, 0.1) is 20.3 Å². The molecule has 0 atom stereocenters. The molecular weight excluding hydrogens is 406 g/mol. The van der Waals surface area contributed by atoms with Crippen LogP contribution in [-0.2, 0) is 16.9 Å². The van der Waals surface area contributed by atoms with E-state index in [2.05, 4.69) is 4.74 Å². The average molecular weight is 424 g/mol. The minimum atomic E-state index is -5.81. The summed E-state index contributed by atoms with van der Waals surface area (Å²) in [7, 11) is 1.37. The van der Waals surface area contributed by atoms with Crippen LogP contribution in [0.5, 0.6) is 11.5 Å². The van der Waals surface area contributed by atoms with Crippen LogP contribution in [0.2, 0.25) is 0 Å². The maximum absolute atomic E-state index is 13.8. The van der Waals surface area contributed by atoms with Crippen LogP contribution in [-0.4, -0.2) is 37.8 Å². The first-order chi connectivity index (χ1) is 13.5. The first-order valence-electron chi connectivity index (χ1n) is 8.29. The van der Waals surface area contributed by atoms with Crippen LogP contribution in [0.3, 0.4) is 0 Å². The molecule has 0 saturated carbocycles. The van der Waals surface area contributed by atoms with Crippen LogP contribution >= 0.6 is 0 Å². The number of aliphatic hydroxyl groups excluding tert-OH is 1. The fraction of sp³-hybridized carbons (Fsp3) is 0.368. The third-order valence-corrected chi connectivity index (χ3v) is 4.01. The molecule has 0 unspecified atom stereocenters. The van der Waals surface area contributed by atoms with Crippen molar-refractivity contribution in [2.24, 2.45) is 0 Å². The van der Waals surface area contributed by atoms with E-state index in [0.717, 1.165) is 6.07 Å². The van der Waals surface area contributed by atoms with Crippen molar-refractivity contribution >= 4 is 0 Å². The molecule has 0 fully saturated rings. The molecule has 1 N–H and O–H groups in total. The highest BCUT2D eigenvalue weighted by atomic mass is 19.4. The molecule has 0 aliphatic carbocycles. The lowest BCUT2D eigenvalue weighted by Gasteiger charge is -2.37. The van der Waals surface area contributed by atoms with Crippen LogP contribution in [0.1, 0.15) is 11.1 Å². The molecule has 0 aromatic heterocycles. The summed E-state index contributed by atoms with van der Waals surface area (Å²) in [6.45, 7) is -1.70. The Morgan fingerprint density at radius 1 is 0.862 bits per heavy atom. The number of halogens is 6. The van der Waals surface area contributed by atoms with Gasteiger partial charge in [0.1, 0.15) is 18.1 Å². The zero-order valence-electron chi connectivity index (χ0n) is 15.2. The molecule has 10 heteroatoms. The highest BCUT2D eigenvalue weighted by Crippen LogP contribution is 2.53. The molecule has 0 heterocycles. The van der Waals surface area contributed by atoms with Crippen molar-refractivity contribution in [3.8, 4) is 11.5 Å². The number of hydrogen-bond acceptors (Lipinski definition) is 4. The maximum atomic E-state index is 13.8. The summed E-state index contributed by atoms with van der Waals surface area (Å²) in [6, 6.07) is 8.83. The summed E-state index contributed by atoms with van der Waals surface area (Å²) in [5, 5.41) is 8.74. The standard InChI is InChI=1S/C19H18F6O4/c1-27-15-7-5-13(6-8-15)12-29-17(18(20,21)22,19(23,24)25)14-3-2-4-16(11-14)28-10-9-26/h2-8,11,26H,9-10,12H2,1H3. The normalized spacial score (nSPS) is 12.7. The number of hydrogen-bond donors (Lipinski definition) is 1. The molecule has 2 aromatic rings. The Bertz CT molecular complexity index is 773. The molecule has 0 amide bonds. The molecule has 0 bridgehead atoms. The summed E-state index contributed by atoms with van der Waals surface area (Å²) in [4.78, 5) is 0. The van der Waals surface area contributed by atoms with E-state index in [9.17, 15) is 26.3 Å². The van der Waals surface area contributed by atoms with Crippen molar-refractivity contribution < 1.29 is 45.7 Å². The fourth-order valence-electron chi connectivity index (χ4n) is 2.62. The Morgan fingerprint density at radius 3 is 2.00 bits per heavy atom. The SMILES string of the molecule is COc1ccc(COC(c2cccc(OCCO)c2)(C(F)(F)F)C(F)(F)F)cc1. The van der Waals surface area contributed by atoms with Gasteiger partial charge in [0, 0.05) is 5.56 Å². The molecule has 2 rings (SSSR count). The monoisotopic (exact) mass is 424 g/mol. The summed E-state index contributed by atoms with van der Waals surface area (Å²) in [5.74, 6) is 0.128. The largest absolute Gasteiger partial charge is 0.497 e. The Morgan fingerprint density at radius 2 is 1.48 bits per heavy atom. The summed E-state index contributed by atoms with van der Waals surface area (Å²) in [6.07, 6.45) is -11.6. The van der Waals surface area contributed by atoms with Crippen molar-refractivity contribution in [2.75, 3.05) is 20.3 Å². The second-order valence-electron chi connectivity index (χ2n) is 5.91. The third kappa shape index (κ3) is 4.94. The van der Waals surface area contributed by atoms with Crippen LogP contribution in [0.15, 0.2) is 48.5 Å². The first-order valence-corrected chi connectivity index (χ1v) is 8.29. The van der Waals surface area contributed by atoms with Crippen molar-refractivity contribution in [1.29, 1.82) is 0 Å². The van der Waals surface area contributed by atoms with Crippen LogP contribution in [0.25, 0.3) is 0 Å². The maximum Gasteiger partial charge on any atom is 0.430 e. The minimum absolute atomic E-state index is 0.0939. The topological polar surface area (TPSA) is 47.9 Å². The average Bonchev–Trinajstić information content (AvgIpc) is 2.65. The van der Waals surface area contributed by atoms with Crippen molar-refractivity contribution in [3.63, 3.8) is 0 Å². The first kappa shape index (κ1) is 22.8. The number of alkyl halides is 6. The molecular formula is C19H18F6O4. The molecule has 29 heavy (non-hydrogen) atoms. The van der Waals surface area contributed by atoms with Gasteiger partial charge in [-0.25, -0.2) is 0 Å². The van der Waals surface area contributed by atoms with Gasteiger partial charge in [0.25, 0.3) is 5.60 Å². The molecule has 160 valence electrons. The van der Waals surface area contributed by atoms with Gasteiger partial charge in [-0.05, 0) is 29.8 Å². The van der Waals surface area contributed by atoms with Gasteiger partial charge >= 0.3 is 12.4 Å². The Labute approximate surface area is 162 Å². The molecule has 0 radical (unpaired) electrons. The van der Waals surface area contributed by atoms with E-state index in [1.54, 1.807) is 0 Å². The van der Waals surface area contributed by atoms with Gasteiger partial charge in [0.15, 0.2) is 0 Å². The summed E-state index contributed by atoms with van der Waals surface area (Å²) < 4.78 is 97.3. The van der Waals surface area contributed by atoms with Crippen molar-refractivity contribution in [3.05, 3.63) is 59.7 Å². The zero-order valence-corrected chi connectivity index (χ0v) is 15.2. The van der Waals surface area contributed by atoms with Crippen LogP contribution in [0, 0.1) is 0 Å². The molecule has 4 nitrogen and oxygen atoms in total. The van der Waals surface area contributed by atoms with Crippen molar-refractivity contribution in [2.45, 2.75) is 24.6 Å². The number of aliphatic hydroxyl groups is 1. The lowest BCUT2D eigenvalue weighted by Crippen LogP contribution is -2.55. The van der Waals surface area contributed by atoms with Gasteiger partial charge in [-0.2, -0.15) is 26.3 Å². The predicted octanol–water partition coefficient (Wildman–Crippen LogP) is 4.60.